The monoisotopic (exact) mass is 192 g/mol. The average Bonchev–Trinajstić information content (AvgIpc) is 2.15. The molecule has 1 fully saturated rings. The highest BCUT2D eigenvalue weighted by atomic mass is 16.5. The van der Waals surface area contributed by atoms with Gasteiger partial charge in [-0.25, -0.2) is 0 Å². The van der Waals surface area contributed by atoms with E-state index >= 15 is 0 Å². The van der Waals surface area contributed by atoms with Crippen molar-refractivity contribution >= 4 is 0 Å². The van der Waals surface area contributed by atoms with E-state index < -0.39 is 30.5 Å². The van der Waals surface area contributed by atoms with Crippen molar-refractivity contribution in [1.82, 2.24) is 0 Å². The minimum atomic E-state index is -1.24. The van der Waals surface area contributed by atoms with Gasteiger partial charge in [-0.05, 0) is 6.42 Å². The van der Waals surface area contributed by atoms with E-state index in [0.29, 0.717) is 6.42 Å². The van der Waals surface area contributed by atoms with Crippen LogP contribution in [-0.2, 0) is 4.74 Å². The van der Waals surface area contributed by atoms with Gasteiger partial charge < -0.3 is 25.2 Å². The summed E-state index contributed by atoms with van der Waals surface area (Å²) in [5, 5.41) is 36.9. The molecule has 5 heteroatoms. The van der Waals surface area contributed by atoms with E-state index in [2.05, 4.69) is 0 Å². The van der Waals surface area contributed by atoms with E-state index in [0.717, 1.165) is 0 Å². The van der Waals surface area contributed by atoms with E-state index in [1.165, 1.54) is 0 Å². The summed E-state index contributed by atoms with van der Waals surface area (Å²) in [7, 11) is 0. The van der Waals surface area contributed by atoms with E-state index in [1.807, 2.05) is 0 Å². The van der Waals surface area contributed by atoms with Crippen LogP contribution in [0.25, 0.3) is 0 Å². The van der Waals surface area contributed by atoms with Gasteiger partial charge in [0.2, 0.25) is 0 Å². The van der Waals surface area contributed by atoms with Crippen LogP contribution in [0.3, 0.4) is 0 Å². The highest BCUT2D eigenvalue weighted by Gasteiger charge is 2.42. The van der Waals surface area contributed by atoms with E-state index in [-0.39, 0.29) is 6.61 Å². The minimum Gasteiger partial charge on any atom is -0.394 e. The van der Waals surface area contributed by atoms with Crippen molar-refractivity contribution in [2.24, 2.45) is 0 Å². The fraction of sp³-hybridized carbons (Fsp3) is 1.00. The molecule has 2 unspecified atom stereocenters. The lowest BCUT2D eigenvalue weighted by Crippen LogP contribution is -2.58. The van der Waals surface area contributed by atoms with Gasteiger partial charge in [-0.3, -0.25) is 0 Å². The first-order chi connectivity index (χ1) is 6.11. The average molecular weight is 192 g/mol. The van der Waals surface area contributed by atoms with Gasteiger partial charge in [0.05, 0.1) is 12.7 Å². The molecule has 0 spiro atoms. The predicted octanol–water partition coefficient (Wildman–Crippen LogP) is -1.76. The minimum absolute atomic E-state index is 0.360. The zero-order valence-electron chi connectivity index (χ0n) is 7.50. The molecule has 0 bridgehead atoms. The lowest BCUT2D eigenvalue weighted by atomic mass is 9.94. The van der Waals surface area contributed by atoms with Crippen molar-refractivity contribution in [3.63, 3.8) is 0 Å². The predicted molar refractivity (Wildman–Crippen MR) is 44.1 cm³/mol. The Kier molecular flexibility index (Phi) is 3.63. The highest BCUT2D eigenvalue weighted by molar-refractivity contribution is 4.91. The van der Waals surface area contributed by atoms with Gasteiger partial charge in [-0.1, -0.05) is 6.92 Å². The normalized spacial score (nSPS) is 46.4. The molecule has 0 aromatic heterocycles. The van der Waals surface area contributed by atoms with Crippen molar-refractivity contribution in [3.8, 4) is 0 Å². The summed E-state index contributed by atoms with van der Waals surface area (Å²) in [5.74, 6) is 0. The number of hydrogen-bond donors (Lipinski definition) is 4. The highest BCUT2D eigenvalue weighted by Crippen LogP contribution is 2.22. The molecule has 0 radical (unpaired) electrons. The summed E-state index contributed by atoms with van der Waals surface area (Å²) >= 11 is 0. The van der Waals surface area contributed by atoms with Crippen LogP contribution >= 0.6 is 0 Å². The lowest BCUT2D eigenvalue weighted by molar-refractivity contribution is -0.229. The third-order valence-corrected chi connectivity index (χ3v) is 2.39. The lowest BCUT2D eigenvalue weighted by Gasteiger charge is -2.39. The first-order valence-corrected chi connectivity index (χ1v) is 4.42. The molecule has 1 rings (SSSR count). The summed E-state index contributed by atoms with van der Waals surface area (Å²) in [6, 6.07) is 0. The van der Waals surface area contributed by atoms with Gasteiger partial charge in [0.1, 0.15) is 24.4 Å². The molecular weight excluding hydrogens is 176 g/mol. The molecule has 1 aliphatic rings. The topological polar surface area (TPSA) is 90.2 Å². The molecule has 1 aliphatic heterocycles. The summed E-state index contributed by atoms with van der Waals surface area (Å²) in [6.45, 7) is 1.44. The van der Waals surface area contributed by atoms with Crippen molar-refractivity contribution in [1.29, 1.82) is 0 Å². The fourth-order valence-corrected chi connectivity index (χ4v) is 1.52. The Hall–Kier alpha value is -0.200. The molecule has 0 aromatic carbocycles. The van der Waals surface area contributed by atoms with Crippen LogP contribution in [0.5, 0.6) is 0 Å². The Morgan fingerprint density at radius 3 is 2.00 bits per heavy atom. The molecule has 13 heavy (non-hydrogen) atoms. The molecule has 0 aliphatic carbocycles. The maximum absolute atomic E-state index is 9.40. The van der Waals surface area contributed by atoms with Crippen LogP contribution in [0, 0.1) is 0 Å². The second kappa shape index (κ2) is 4.34. The van der Waals surface area contributed by atoms with Crippen LogP contribution < -0.4 is 0 Å². The Morgan fingerprint density at radius 2 is 1.54 bits per heavy atom. The van der Waals surface area contributed by atoms with Crippen molar-refractivity contribution in [3.05, 3.63) is 0 Å². The van der Waals surface area contributed by atoms with Gasteiger partial charge in [-0.2, -0.15) is 0 Å². The second-order valence-electron chi connectivity index (χ2n) is 3.28. The molecule has 0 aromatic rings. The van der Waals surface area contributed by atoms with E-state index in [4.69, 9.17) is 9.84 Å². The molecule has 1 heterocycles. The molecule has 78 valence electrons. The van der Waals surface area contributed by atoms with E-state index in [1.54, 1.807) is 6.92 Å². The molecule has 1 saturated heterocycles. The van der Waals surface area contributed by atoms with E-state index in [9.17, 15) is 15.3 Å². The maximum Gasteiger partial charge on any atom is 0.111 e. The van der Waals surface area contributed by atoms with Crippen LogP contribution in [0.1, 0.15) is 13.3 Å². The number of rotatable bonds is 2. The smallest absolute Gasteiger partial charge is 0.111 e. The number of hydrogen-bond acceptors (Lipinski definition) is 5. The Morgan fingerprint density at radius 1 is 1.00 bits per heavy atom. The van der Waals surface area contributed by atoms with Crippen molar-refractivity contribution < 1.29 is 25.2 Å². The first-order valence-electron chi connectivity index (χ1n) is 4.42. The molecule has 4 N–H and O–H groups in total. The molecule has 5 atom stereocenters. The Labute approximate surface area is 76.6 Å². The summed E-state index contributed by atoms with van der Waals surface area (Å²) in [5.41, 5.74) is 0. The summed E-state index contributed by atoms with van der Waals surface area (Å²) in [6.07, 6.45) is -4.33. The molecule has 0 saturated carbocycles. The van der Waals surface area contributed by atoms with Gasteiger partial charge >= 0.3 is 0 Å². The number of aliphatic hydroxyl groups is 4. The molecule has 0 amide bonds. The molecular formula is C8H16O5. The van der Waals surface area contributed by atoms with Crippen LogP contribution in [0.15, 0.2) is 0 Å². The Bertz CT molecular complexity index is 143. The molecule has 5 nitrogen and oxygen atoms in total. The number of ether oxygens (including phenoxy) is 1. The van der Waals surface area contributed by atoms with Crippen LogP contribution in [0.4, 0.5) is 0 Å². The zero-order chi connectivity index (χ0) is 10.0. The van der Waals surface area contributed by atoms with Crippen molar-refractivity contribution in [2.45, 2.75) is 43.9 Å². The van der Waals surface area contributed by atoms with Crippen molar-refractivity contribution in [2.75, 3.05) is 6.61 Å². The standard InChI is InChI=1S/C8H16O5/c1-2-4-6(10)8(12)7(11)5(3-9)13-4/h4-12H,2-3H2,1H3/t4-,5?,6+,7-,8?/m0/s1. The quantitative estimate of drug-likeness (QED) is 0.416. The second-order valence-corrected chi connectivity index (χ2v) is 3.28. The largest absolute Gasteiger partial charge is 0.394 e. The third-order valence-electron chi connectivity index (χ3n) is 2.39. The van der Waals surface area contributed by atoms with Gasteiger partial charge in [0.15, 0.2) is 0 Å². The van der Waals surface area contributed by atoms with Crippen LogP contribution in [0.2, 0.25) is 0 Å². The SMILES string of the molecule is CC[C@@H]1OC(CO)[C@H](O)C(O)[C@@H]1O. The fourth-order valence-electron chi connectivity index (χ4n) is 1.52. The summed E-state index contributed by atoms with van der Waals surface area (Å²) < 4.78 is 5.17. The Balaban J connectivity index is 2.66. The maximum atomic E-state index is 9.40. The van der Waals surface area contributed by atoms with Gasteiger partial charge in [-0.15, -0.1) is 0 Å². The van der Waals surface area contributed by atoms with Gasteiger partial charge in [0, 0.05) is 0 Å². The third kappa shape index (κ3) is 2.00. The van der Waals surface area contributed by atoms with Gasteiger partial charge in [0.25, 0.3) is 0 Å². The number of aliphatic hydroxyl groups excluding tert-OH is 4. The van der Waals surface area contributed by atoms with Crippen LogP contribution in [-0.4, -0.2) is 57.6 Å². The first kappa shape index (κ1) is 10.9. The zero-order valence-corrected chi connectivity index (χ0v) is 7.50. The summed E-state index contributed by atoms with van der Waals surface area (Å²) in [4.78, 5) is 0.